The minimum atomic E-state index is 0.0570. The van der Waals surface area contributed by atoms with Gasteiger partial charge in [-0.25, -0.2) is 0 Å². The molecule has 2 heterocycles. The number of likely N-dealkylation sites (tertiary alicyclic amines) is 1. The Labute approximate surface area is 120 Å². The fourth-order valence-corrected chi connectivity index (χ4v) is 2.49. The number of amides is 1. The molecule has 0 radical (unpaired) electrons. The second-order valence-corrected chi connectivity index (χ2v) is 5.06. The molecule has 1 atom stereocenters. The average Bonchev–Trinajstić information content (AvgIpc) is 2.52. The summed E-state index contributed by atoms with van der Waals surface area (Å²) < 4.78 is 5.78. The van der Waals surface area contributed by atoms with E-state index in [2.05, 4.69) is 17.2 Å². The first-order chi connectivity index (χ1) is 9.76. The topological polar surface area (TPSA) is 54.5 Å². The number of hydrogen-bond acceptors (Lipinski definition) is 4. The van der Waals surface area contributed by atoms with Gasteiger partial charge in [-0.05, 0) is 25.3 Å². The molecule has 0 aliphatic carbocycles. The second-order valence-electron chi connectivity index (χ2n) is 5.06. The van der Waals surface area contributed by atoms with Crippen molar-refractivity contribution in [2.75, 3.05) is 32.1 Å². The number of ether oxygens (including phenoxy) is 1. The molecule has 110 valence electrons. The van der Waals surface area contributed by atoms with Crippen molar-refractivity contribution in [3.63, 3.8) is 0 Å². The highest BCUT2D eigenvalue weighted by molar-refractivity contribution is 5.99. The lowest BCUT2D eigenvalue weighted by Crippen LogP contribution is -2.43. The molecule has 0 saturated carbocycles. The summed E-state index contributed by atoms with van der Waals surface area (Å²) in [6, 6.07) is 1.77. The highest BCUT2D eigenvalue weighted by Crippen LogP contribution is 2.20. The summed E-state index contributed by atoms with van der Waals surface area (Å²) in [6.45, 7) is 4.35. The monoisotopic (exact) mass is 277 g/mol. The van der Waals surface area contributed by atoms with E-state index in [-0.39, 0.29) is 12.0 Å². The first-order valence-corrected chi connectivity index (χ1v) is 7.29. The largest absolute Gasteiger partial charge is 0.386 e. The van der Waals surface area contributed by atoms with Gasteiger partial charge in [0, 0.05) is 32.9 Å². The minimum absolute atomic E-state index is 0.0570. The summed E-state index contributed by atoms with van der Waals surface area (Å²) in [6.07, 6.45) is 6.57. The Hall–Kier alpha value is -1.62. The van der Waals surface area contributed by atoms with Crippen LogP contribution in [-0.2, 0) is 4.74 Å². The summed E-state index contributed by atoms with van der Waals surface area (Å²) >= 11 is 0. The lowest BCUT2D eigenvalue weighted by atomic mass is 10.1. The standard InChI is InChI=1S/C15H23N3O2/c1-3-9-20-12-5-4-8-18(11-12)15(19)13-6-7-17-10-14(13)16-2/h6-7,10,12,16H,3-5,8-9,11H2,1-2H3. The first kappa shape index (κ1) is 14.8. The van der Waals surface area contributed by atoms with Gasteiger partial charge in [0.05, 0.1) is 23.6 Å². The van der Waals surface area contributed by atoms with Crippen LogP contribution < -0.4 is 5.32 Å². The summed E-state index contributed by atoms with van der Waals surface area (Å²) in [5.41, 5.74) is 1.45. The third kappa shape index (κ3) is 3.48. The smallest absolute Gasteiger partial charge is 0.256 e. The van der Waals surface area contributed by atoms with Crippen LogP contribution in [0.5, 0.6) is 0 Å². The molecule has 0 bridgehead atoms. The third-order valence-corrected chi connectivity index (χ3v) is 3.54. The highest BCUT2D eigenvalue weighted by Gasteiger charge is 2.26. The van der Waals surface area contributed by atoms with Gasteiger partial charge in [0.25, 0.3) is 5.91 Å². The molecule has 1 aromatic rings. The number of hydrogen-bond donors (Lipinski definition) is 1. The first-order valence-electron chi connectivity index (χ1n) is 7.29. The van der Waals surface area contributed by atoms with Crippen molar-refractivity contribution in [3.8, 4) is 0 Å². The van der Waals surface area contributed by atoms with Crippen LogP contribution in [0.15, 0.2) is 18.5 Å². The molecule has 0 spiro atoms. The van der Waals surface area contributed by atoms with Crippen LogP contribution in [-0.4, -0.2) is 48.6 Å². The van der Waals surface area contributed by atoms with Crippen molar-refractivity contribution in [3.05, 3.63) is 24.0 Å². The van der Waals surface area contributed by atoms with Gasteiger partial charge in [0.15, 0.2) is 0 Å². The number of anilines is 1. The minimum Gasteiger partial charge on any atom is -0.386 e. The molecule has 1 saturated heterocycles. The number of pyridine rings is 1. The molecule has 1 aliphatic heterocycles. The van der Waals surface area contributed by atoms with Gasteiger partial charge in [-0.15, -0.1) is 0 Å². The molecule has 0 aromatic carbocycles. The maximum Gasteiger partial charge on any atom is 0.256 e. The number of carbonyl (C=O) groups is 1. The van der Waals surface area contributed by atoms with E-state index in [9.17, 15) is 4.79 Å². The maximum atomic E-state index is 12.6. The van der Waals surface area contributed by atoms with Gasteiger partial charge >= 0.3 is 0 Å². The summed E-state index contributed by atoms with van der Waals surface area (Å²) in [5.74, 6) is 0.0570. The number of carbonyl (C=O) groups excluding carboxylic acids is 1. The van der Waals surface area contributed by atoms with E-state index in [0.717, 1.165) is 38.1 Å². The van der Waals surface area contributed by atoms with E-state index < -0.39 is 0 Å². The molecule has 5 nitrogen and oxygen atoms in total. The SMILES string of the molecule is CCCOC1CCCN(C(=O)c2ccncc2NC)C1. The Morgan fingerprint density at radius 3 is 3.20 bits per heavy atom. The normalized spacial score (nSPS) is 18.9. The summed E-state index contributed by atoms with van der Waals surface area (Å²) in [4.78, 5) is 18.5. The fourth-order valence-electron chi connectivity index (χ4n) is 2.49. The lowest BCUT2D eigenvalue weighted by Gasteiger charge is -2.33. The number of nitrogens with zero attached hydrogens (tertiary/aromatic N) is 2. The van der Waals surface area contributed by atoms with Crippen molar-refractivity contribution in [2.45, 2.75) is 32.3 Å². The number of aromatic nitrogens is 1. The molecule has 1 aromatic heterocycles. The van der Waals surface area contributed by atoms with Crippen LogP contribution >= 0.6 is 0 Å². The van der Waals surface area contributed by atoms with Crippen molar-refractivity contribution >= 4 is 11.6 Å². The second kappa shape index (κ2) is 7.24. The van der Waals surface area contributed by atoms with Crippen LogP contribution in [0.2, 0.25) is 0 Å². The zero-order valence-electron chi connectivity index (χ0n) is 12.3. The third-order valence-electron chi connectivity index (χ3n) is 3.54. The number of rotatable bonds is 5. The molecular weight excluding hydrogens is 254 g/mol. The van der Waals surface area contributed by atoms with Crippen LogP contribution in [0.3, 0.4) is 0 Å². The Balaban J connectivity index is 2.04. The van der Waals surface area contributed by atoms with Crippen LogP contribution in [0, 0.1) is 0 Å². The zero-order chi connectivity index (χ0) is 14.4. The Kier molecular flexibility index (Phi) is 5.35. The maximum absolute atomic E-state index is 12.6. The van der Waals surface area contributed by atoms with Gasteiger partial charge < -0.3 is 15.0 Å². The summed E-state index contributed by atoms with van der Waals surface area (Å²) in [5, 5.41) is 3.02. The van der Waals surface area contributed by atoms with Crippen molar-refractivity contribution in [2.24, 2.45) is 0 Å². The predicted molar refractivity (Wildman–Crippen MR) is 79.0 cm³/mol. The lowest BCUT2D eigenvalue weighted by molar-refractivity contribution is 0.00214. The van der Waals surface area contributed by atoms with Crippen molar-refractivity contribution in [1.29, 1.82) is 0 Å². The number of piperidine rings is 1. The Bertz CT molecular complexity index is 450. The molecule has 5 heteroatoms. The van der Waals surface area contributed by atoms with Crippen LogP contribution in [0.1, 0.15) is 36.5 Å². The van der Waals surface area contributed by atoms with Crippen molar-refractivity contribution < 1.29 is 9.53 Å². The Morgan fingerprint density at radius 1 is 1.60 bits per heavy atom. The molecule has 1 unspecified atom stereocenters. The van der Waals surface area contributed by atoms with Gasteiger partial charge in [-0.1, -0.05) is 6.92 Å². The highest BCUT2D eigenvalue weighted by atomic mass is 16.5. The van der Waals surface area contributed by atoms with E-state index in [0.29, 0.717) is 12.1 Å². The summed E-state index contributed by atoms with van der Waals surface area (Å²) in [7, 11) is 1.80. The van der Waals surface area contributed by atoms with Gasteiger partial charge in [-0.2, -0.15) is 0 Å². The molecule has 1 fully saturated rings. The van der Waals surface area contributed by atoms with Crippen LogP contribution in [0.25, 0.3) is 0 Å². The molecule has 1 N–H and O–H groups in total. The van der Waals surface area contributed by atoms with E-state index in [4.69, 9.17) is 4.74 Å². The van der Waals surface area contributed by atoms with Gasteiger partial charge in [-0.3, -0.25) is 9.78 Å². The van der Waals surface area contributed by atoms with Crippen LogP contribution in [0.4, 0.5) is 5.69 Å². The quantitative estimate of drug-likeness (QED) is 0.896. The fraction of sp³-hybridized carbons (Fsp3) is 0.600. The van der Waals surface area contributed by atoms with Gasteiger partial charge in [0.2, 0.25) is 0 Å². The van der Waals surface area contributed by atoms with E-state index in [1.807, 2.05) is 4.90 Å². The number of nitrogens with one attached hydrogen (secondary N) is 1. The van der Waals surface area contributed by atoms with Gasteiger partial charge in [0.1, 0.15) is 0 Å². The zero-order valence-corrected chi connectivity index (χ0v) is 12.3. The predicted octanol–water partition coefficient (Wildman–Crippen LogP) is 2.15. The molecule has 2 rings (SSSR count). The van der Waals surface area contributed by atoms with Crippen molar-refractivity contribution in [1.82, 2.24) is 9.88 Å². The van der Waals surface area contributed by atoms with E-state index in [1.54, 1.807) is 25.5 Å². The average molecular weight is 277 g/mol. The molecule has 1 amide bonds. The molecule has 1 aliphatic rings. The van der Waals surface area contributed by atoms with E-state index >= 15 is 0 Å². The Morgan fingerprint density at radius 2 is 2.45 bits per heavy atom. The molecular formula is C15H23N3O2. The van der Waals surface area contributed by atoms with E-state index in [1.165, 1.54) is 0 Å². The molecule has 20 heavy (non-hydrogen) atoms.